The molecule has 1 aromatic heterocycles. The molecule has 5 heteroatoms. The highest BCUT2D eigenvalue weighted by molar-refractivity contribution is 5.29. The Labute approximate surface area is 75.8 Å². The van der Waals surface area contributed by atoms with Gasteiger partial charge in [0.2, 0.25) is 0 Å². The average molecular weight is 183 g/mol. The summed E-state index contributed by atoms with van der Waals surface area (Å²) in [7, 11) is 0. The van der Waals surface area contributed by atoms with Crippen LogP contribution in [0.25, 0.3) is 0 Å². The van der Waals surface area contributed by atoms with Crippen LogP contribution in [0.15, 0.2) is 17.2 Å². The van der Waals surface area contributed by atoms with Crippen LogP contribution in [0.1, 0.15) is 12.8 Å². The van der Waals surface area contributed by atoms with Crippen LogP contribution in [0.4, 0.5) is 5.82 Å². The van der Waals surface area contributed by atoms with E-state index in [4.69, 9.17) is 5.11 Å². The Morgan fingerprint density at radius 3 is 3.08 bits per heavy atom. The lowest BCUT2D eigenvalue weighted by Gasteiger charge is -2.02. The maximum Gasteiger partial charge on any atom is 0.290 e. The highest BCUT2D eigenvalue weighted by Gasteiger charge is 1.96. The number of aromatic nitrogens is 2. The van der Waals surface area contributed by atoms with E-state index >= 15 is 0 Å². The van der Waals surface area contributed by atoms with E-state index in [0.29, 0.717) is 12.4 Å². The molecule has 1 heterocycles. The number of nitrogens with zero attached hydrogens (tertiary/aromatic N) is 1. The molecule has 0 bridgehead atoms. The topological polar surface area (TPSA) is 78.0 Å². The van der Waals surface area contributed by atoms with E-state index < -0.39 is 0 Å². The molecule has 1 aromatic rings. The lowest BCUT2D eigenvalue weighted by atomic mass is 10.3. The molecular weight excluding hydrogens is 170 g/mol. The van der Waals surface area contributed by atoms with Crippen molar-refractivity contribution in [3.05, 3.63) is 22.7 Å². The molecule has 0 aliphatic carbocycles. The van der Waals surface area contributed by atoms with Gasteiger partial charge in [0.05, 0.1) is 0 Å². The van der Waals surface area contributed by atoms with Crippen LogP contribution in [0.3, 0.4) is 0 Å². The number of H-pyrrole nitrogens is 1. The second-order valence-electron chi connectivity index (χ2n) is 2.62. The molecule has 0 aromatic carbocycles. The van der Waals surface area contributed by atoms with Gasteiger partial charge in [-0.15, -0.1) is 0 Å². The minimum atomic E-state index is -0.216. The van der Waals surface area contributed by atoms with Crippen molar-refractivity contribution in [2.45, 2.75) is 12.8 Å². The Bertz CT molecular complexity index is 297. The molecule has 13 heavy (non-hydrogen) atoms. The average Bonchev–Trinajstić information content (AvgIpc) is 2.15. The van der Waals surface area contributed by atoms with Crippen LogP contribution < -0.4 is 10.9 Å². The number of unbranched alkanes of at least 4 members (excludes halogenated alkanes) is 1. The zero-order valence-corrected chi connectivity index (χ0v) is 7.29. The molecule has 0 atom stereocenters. The van der Waals surface area contributed by atoms with Crippen molar-refractivity contribution in [3.8, 4) is 0 Å². The molecule has 0 saturated carbocycles. The lowest BCUT2D eigenvalue weighted by molar-refractivity contribution is 0.286. The van der Waals surface area contributed by atoms with Gasteiger partial charge in [-0.25, -0.2) is 4.98 Å². The van der Waals surface area contributed by atoms with E-state index in [1.165, 1.54) is 12.4 Å². The highest BCUT2D eigenvalue weighted by Crippen LogP contribution is 1.92. The van der Waals surface area contributed by atoms with Crippen molar-refractivity contribution in [3.63, 3.8) is 0 Å². The van der Waals surface area contributed by atoms with Gasteiger partial charge in [-0.2, -0.15) is 0 Å². The second-order valence-corrected chi connectivity index (χ2v) is 2.62. The predicted molar refractivity (Wildman–Crippen MR) is 49.7 cm³/mol. The number of anilines is 1. The van der Waals surface area contributed by atoms with Crippen molar-refractivity contribution in [2.75, 3.05) is 18.5 Å². The van der Waals surface area contributed by atoms with Crippen LogP contribution in [-0.4, -0.2) is 28.2 Å². The predicted octanol–water partition coefficient (Wildman–Crippen LogP) is -0.0457. The molecule has 0 spiro atoms. The first-order valence-electron chi connectivity index (χ1n) is 4.23. The summed E-state index contributed by atoms with van der Waals surface area (Å²) in [6.07, 6.45) is 4.57. The fourth-order valence-electron chi connectivity index (χ4n) is 0.921. The van der Waals surface area contributed by atoms with Gasteiger partial charge in [0.15, 0.2) is 5.82 Å². The van der Waals surface area contributed by atoms with Crippen molar-refractivity contribution >= 4 is 5.82 Å². The largest absolute Gasteiger partial charge is 0.396 e. The molecule has 72 valence electrons. The van der Waals surface area contributed by atoms with Crippen molar-refractivity contribution in [1.82, 2.24) is 9.97 Å². The van der Waals surface area contributed by atoms with Crippen molar-refractivity contribution in [1.29, 1.82) is 0 Å². The maximum absolute atomic E-state index is 11.1. The zero-order valence-electron chi connectivity index (χ0n) is 7.29. The van der Waals surface area contributed by atoms with E-state index in [-0.39, 0.29) is 12.2 Å². The Morgan fingerprint density at radius 2 is 2.38 bits per heavy atom. The molecular formula is C8H13N3O2. The van der Waals surface area contributed by atoms with E-state index in [0.717, 1.165) is 12.8 Å². The smallest absolute Gasteiger partial charge is 0.290 e. The number of rotatable bonds is 5. The number of aliphatic hydroxyl groups is 1. The van der Waals surface area contributed by atoms with Gasteiger partial charge in [0, 0.05) is 25.5 Å². The molecule has 0 amide bonds. The molecule has 0 saturated heterocycles. The van der Waals surface area contributed by atoms with Gasteiger partial charge in [0.1, 0.15) is 0 Å². The number of hydrogen-bond donors (Lipinski definition) is 3. The van der Waals surface area contributed by atoms with Gasteiger partial charge in [-0.3, -0.25) is 4.79 Å². The summed E-state index contributed by atoms with van der Waals surface area (Å²) < 4.78 is 0. The molecule has 3 N–H and O–H groups in total. The summed E-state index contributed by atoms with van der Waals surface area (Å²) in [4.78, 5) is 17.4. The molecule has 0 aliphatic heterocycles. The molecule has 0 fully saturated rings. The van der Waals surface area contributed by atoms with Crippen LogP contribution in [0.5, 0.6) is 0 Å². The van der Waals surface area contributed by atoms with E-state index in [1.54, 1.807) is 0 Å². The van der Waals surface area contributed by atoms with Gasteiger partial charge < -0.3 is 15.4 Å². The Hall–Kier alpha value is -1.36. The highest BCUT2D eigenvalue weighted by atomic mass is 16.2. The van der Waals surface area contributed by atoms with Crippen LogP contribution in [0, 0.1) is 0 Å². The summed E-state index contributed by atoms with van der Waals surface area (Å²) in [6.45, 7) is 0.834. The van der Waals surface area contributed by atoms with Crippen LogP contribution in [-0.2, 0) is 0 Å². The van der Waals surface area contributed by atoms with Gasteiger partial charge in [-0.1, -0.05) is 0 Å². The maximum atomic E-state index is 11.1. The number of nitrogens with one attached hydrogen (secondary N) is 2. The normalized spacial score (nSPS) is 9.92. The first-order valence-corrected chi connectivity index (χ1v) is 4.23. The van der Waals surface area contributed by atoms with Crippen LogP contribution >= 0.6 is 0 Å². The van der Waals surface area contributed by atoms with Gasteiger partial charge >= 0.3 is 0 Å². The number of aromatic amines is 1. The molecule has 5 nitrogen and oxygen atoms in total. The summed E-state index contributed by atoms with van der Waals surface area (Å²) >= 11 is 0. The Kier molecular flexibility index (Phi) is 3.98. The van der Waals surface area contributed by atoms with Crippen molar-refractivity contribution < 1.29 is 5.11 Å². The lowest BCUT2D eigenvalue weighted by Crippen LogP contribution is -2.16. The Morgan fingerprint density at radius 1 is 1.54 bits per heavy atom. The van der Waals surface area contributed by atoms with Gasteiger partial charge in [0.25, 0.3) is 5.56 Å². The third kappa shape index (κ3) is 3.25. The third-order valence-corrected chi connectivity index (χ3v) is 1.59. The monoisotopic (exact) mass is 183 g/mol. The Balaban J connectivity index is 2.37. The summed E-state index contributed by atoms with van der Waals surface area (Å²) in [5.74, 6) is 0.334. The quantitative estimate of drug-likeness (QED) is 0.559. The summed E-state index contributed by atoms with van der Waals surface area (Å²) in [6, 6.07) is 0. The molecule has 0 unspecified atom stereocenters. The summed E-state index contributed by atoms with van der Waals surface area (Å²) in [5.41, 5.74) is -0.216. The SMILES string of the molecule is O=c1[nH]ccnc1NCCCCO. The first-order chi connectivity index (χ1) is 6.34. The van der Waals surface area contributed by atoms with Crippen molar-refractivity contribution in [2.24, 2.45) is 0 Å². The molecule has 0 radical (unpaired) electrons. The van der Waals surface area contributed by atoms with E-state index in [1.807, 2.05) is 0 Å². The fourth-order valence-corrected chi connectivity index (χ4v) is 0.921. The third-order valence-electron chi connectivity index (χ3n) is 1.59. The standard InChI is InChI=1S/C8H13N3O2/c12-6-2-1-3-9-7-8(13)11-5-4-10-7/h4-5,12H,1-3,6H2,(H,9,10)(H,11,13). The van der Waals surface area contributed by atoms with Crippen LogP contribution in [0.2, 0.25) is 0 Å². The minimum Gasteiger partial charge on any atom is -0.396 e. The van der Waals surface area contributed by atoms with E-state index in [9.17, 15) is 4.79 Å². The molecule has 0 aliphatic rings. The van der Waals surface area contributed by atoms with Gasteiger partial charge in [-0.05, 0) is 12.8 Å². The summed E-state index contributed by atoms with van der Waals surface area (Å²) in [5, 5.41) is 11.4. The first kappa shape index (κ1) is 9.73. The zero-order chi connectivity index (χ0) is 9.52. The number of hydrogen-bond acceptors (Lipinski definition) is 4. The van der Waals surface area contributed by atoms with E-state index in [2.05, 4.69) is 15.3 Å². The minimum absolute atomic E-state index is 0.181. The molecule has 1 rings (SSSR count). The fraction of sp³-hybridized carbons (Fsp3) is 0.500. The number of aliphatic hydroxyl groups excluding tert-OH is 1. The second kappa shape index (κ2) is 5.31.